The number of benzene rings is 3. The zero-order valence-electron chi connectivity index (χ0n) is 18.0. The van der Waals surface area contributed by atoms with Gasteiger partial charge in [0.1, 0.15) is 17.3 Å². The quantitative estimate of drug-likeness (QED) is 0.103. The minimum absolute atomic E-state index is 0.0735. The van der Waals surface area contributed by atoms with Crippen LogP contribution in [0.25, 0.3) is 10.9 Å². The number of fused-ring (bicyclic) bond motifs is 2. The second kappa shape index (κ2) is 8.99. The molecule has 0 saturated carbocycles. The lowest BCUT2D eigenvalue weighted by molar-refractivity contribution is 0.0955. The number of carbonyl (C=O) groups is 1. The first-order chi connectivity index (χ1) is 16.5. The monoisotopic (exact) mass is 472 g/mol. The van der Waals surface area contributed by atoms with Crippen molar-refractivity contribution < 1.29 is 9.90 Å². The number of amides is 1. The maximum Gasteiger partial charge on any atom is 0.271 e. The zero-order valence-corrected chi connectivity index (χ0v) is 18.7. The van der Waals surface area contributed by atoms with Crippen molar-refractivity contribution in [3.63, 3.8) is 0 Å². The Morgan fingerprint density at radius 3 is 2.71 bits per heavy atom. The molecule has 0 fully saturated rings. The van der Waals surface area contributed by atoms with E-state index in [0.29, 0.717) is 12.1 Å². The Bertz CT molecular complexity index is 1540. The molecule has 34 heavy (non-hydrogen) atoms. The Morgan fingerprint density at radius 2 is 1.91 bits per heavy atom. The van der Waals surface area contributed by atoms with E-state index >= 15 is 0 Å². The smallest absolute Gasteiger partial charge is 0.271 e. The summed E-state index contributed by atoms with van der Waals surface area (Å²) in [6.07, 6.45) is 3.58. The largest absolute Gasteiger partial charge is 0.506 e. The van der Waals surface area contributed by atoms with Crippen LogP contribution < -0.4 is 21.9 Å². The fourth-order valence-corrected chi connectivity index (χ4v) is 4.15. The maximum atomic E-state index is 12.3. The minimum atomic E-state index is -0.443. The molecule has 4 N–H and O–H groups in total. The van der Waals surface area contributed by atoms with E-state index in [0.717, 1.165) is 27.2 Å². The molecular formula is C25H21ClN6O2. The van der Waals surface area contributed by atoms with Gasteiger partial charge >= 0.3 is 0 Å². The zero-order chi connectivity index (χ0) is 23.7. The number of aromatic hydroxyl groups is 1. The van der Waals surface area contributed by atoms with Crippen LogP contribution in [0, 0.1) is 0 Å². The minimum Gasteiger partial charge on any atom is -0.506 e. The topological polar surface area (TPSA) is 117 Å². The number of nitrogens with one attached hydrogen (secondary N) is 1. The van der Waals surface area contributed by atoms with Crippen LogP contribution in [0.3, 0.4) is 0 Å². The van der Waals surface area contributed by atoms with Crippen LogP contribution in [0.2, 0.25) is 0 Å². The van der Waals surface area contributed by atoms with Gasteiger partial charge in [0.25, 0.3) is 5.91 Å². The van der Waals surface area contributed by atoms with E-state index in [2.05, 4.69) is 20.1 Å². The number of hydrazone groups is 1. The van der Waals surface area contributed by atoms with Gasteiger partial charge in [-0.1, -0.05) is 35.9 Å². The number of nitrogens with two attached hydrogens (primary N) is 1. The number of para-hydroxylation sites is 2. The standard InChI is InChI=1S/C25H21ClN6O2/c26-24-21(29-19-5-1-2-6-20(19)30-24)14-32-11-10-17-16(4-3-7-22(17)32)13-28-31-25(34)15-8-9-23(33)18(27)12-15/h1-13,21,24,33H,14,27H2,(H,31,34)/b28-13+. The molecule has 3 aromatic carbocycles. The average molecular weight is 473 g/mol. The summed E-state index contributed by atoms with van der Waals surface area (Å²) >= 11 is 6.52. The molecule has 0 radical (unpaired) electrons. The molecule has 0 aliphatic carbocycles. The van der Waals surface area contributed by atoms with Crippen molar-refractivity contribution in [1.29, 1.82) is 0 Å². The molecule has 2 atom stereocenters. The predicted molar refractivity (Wildman–Crippen MR) is 132 cm³/mol. The van der Waals surface area contributed by atoms with Gasteiger partial charge in [-0.05, 0) is 42.5 Å². The summed E-state index contributed by atoms with van der Waals surface area (Å²) in [6.45, 7) is 0.578. The molecule has 0 bridgehead atoms. The van der Waals surface area contributed by atoms with Crippen molar-refractivity contribution >= 4 is 40.3 Å². The van der Waals surface area contributed by atoms with Crippen LogP contribution in [-0.2, 0) is 6.54 Å². The molecule has 1 amide bonds. The van der Waals surface area contributed by atoms with Gasteiger partial charge in [0.15, 0.2) is 0 Å². The highest BCUT2D eigenvalue weighted by atomic mass is 35.5. The van der Waals surface area contributed by atoms with E-state index in [1.807, 2.05) is 54.7 Å². The van der Waals surface area contributed by atoms with Gasteiger partial charge in [-0.25, -0.2) is 5.43 Å². The van der Waals surface area contributed by atoms with Gasteiger partial charge in [0.05, 0.1) is 22.6 Å². The maximum absolute atomic E-state index is 12.3. The second-order valence-electron chi connectivity index (χ2n) is 7.91. The van der Waals surface area contributed by atoms with E-state index in [4.69, 9.17) is 22.3 Å². The van der Waals surface area contributed by atoms with Crippen molar-refractivity contribution in [2.75, 3.05) is 5.73 Å². The molecule has 9 heteroatoms. The lowest BCUT2D eigenvalue weighted by Gasteiger charge is -2.19. The summed E-state index contributed by atoms with van der Waals surface area (Å²) in [5, 5.41) is 16.2. The third-order valence-corrected chi connectivity index (χ3v) is 6.05. The third-order valence-electron chi connectivity index (χ3n) is 5.66. The van der Waals surface area contributed by atoms with E-state index < -0.39 is 11.4 Å². The Balaban J connectivity index is 1.35. The van der Waals surface area contributed by atoms with Crippen LogP contribution in [0.5, 0.6) is 5.75 Å². The molecule has 0 saturated heterocycles. The number of anilines is 1. The van der Waals surface area contributed by atoms with Crippen LogP contribution in [-0.4, -0.2) is 33.3 Å². The molecule has 1 aliphatic heterocycles. The Labute approximate surface area is 199 Å². The van der Waals surface area contributed by atoms with Gasteiger partial charge in [0, 0.05) is 34.8 Å². The SMILES string of the molecule is Nc1cc(C(=O)N/N=C/c2cccc3c2ccn3CC2N=c3ccccc3=NC2Cl)ccc1O. The Hall–Kier alpha value is -4.17. The first kappa shape index (κ1) is 21.7. The lowest BCUT2D eigenvalue weighted by Crippen LogP contribution is -2.38. The fraction of sp³-hybridized carbons (Fsp3) is 0.120. The summed E-state index contributed by atoms with van der Waals surface area (Å²) in [5.41, 5.74) is 9.97. The van der Waals surface area contributed by atoms with Gasteiger partial charge < -0.3 is 15.4 Å². The normalized spacial score (nSPS) is 17.2. The Kier molecular flexibility index (Phi) is 5.73. The number of hydrogen-bond donors (Lipinski definition) is 3. The molecule has 2 heterocycles. The number of rotatable bonds is 5. The van der Waals surface area contributed by atoms with E-state index in [1.54, 1.807) is 6.21 Å². The fourth-order valence-electron chi connectivity index (χ4n) is 3.91. The average Bonchev–Trinajstić information content (AvgIpc) is 3.25. The molecule has 4 aromatic rings. The van der Waals surface area contributed by atoms with Crippen molar-refractivity contribution in [3.05, 3.63) is 94.8 Å². The highest BCUT2D eigenvalue weighted by Crippen LogP contribution is 2.22. The summed E-state index contributed by atoms with van der Waals surface area (Å²) in [5.74, 6) is -0.501. The summed E-state index contributed by atoms with van der Waals surface area (Å²) < 4.78 is 2.09. The van der Waals surface area contributed by atoms with Crippen LogP contribution in [0.1, 0.15) is 15.9 Å². The first-order valence-corrected chi connectivity index (χ1v) is 11.1. The molecule has 170 valence electrons. The Morgan fingerprint density at radius 1 is 1.12 bits per heavy atom. The summed E-state index contributed by atoms with van der Waals surface area (Å²) in [7, 11) is 0. The van der Waals surface area contributed by atoms with Crippen molar-refractivity contribution in [2.45, 2.75) is 18.1 Å². The van der Waals surface area contributed by atoms with Gasteiger partial charge in [0.2, 0.25) is 0 Å². The van der Waals surface area contributed by atoms with Crippen LogP contribution in [0.4, 0.5) is 5.69 Å². The van der Waals surface area contributed by atoms with Crippen LogP contribution in [0.15, 0.2) is 88.0 Å². The van der Waals surface area contributed by atoms with Gasteiger partial charge in [-0.3, -0.25) is 14.8 Å². The molecule has 2 unspecified atom stereocenters. The number of nitrogen functional groups attached to an aromatic ring is 1. The lowest BCUT2D eigenvalue weighted by atomic mass is 10.1. The van der Waals surface area contributed by atoms with Gasteiger partial charge in [-0.2, -0.15) is 5.10 Å². The number of alkyl halides is 1. The molecule has 1 aliphatic rings. The number of phenolic OH excluding ortho intramolecular Hbond substituents is 1. The molecule has 8 nitrogen and oxygen atoms in total. The number of carbonyl (C=O) groups excluding carboxylic acids is 1. The van der Waals surface area contributed by atoms with Crippen molar-refractivity contribution in [3.8, 4) is 5.75 Å². The number of nitrogens with zero attached hydrogens (tertiary/aromatic N) is 4. The third kappa shape index (κ3) is 4.23. The highest BCUT2D eigenvalue weighted by Gasteiger charge is 2.21. The van der Waals surface area contributed by atoms with Crippen LogP contribution >= 0.6 is 11.6 Å². The highest BCUT2D eigenvalue weighted by molar-refractivity contribution is 6.21. The summed E-state index contributed by atoms with van der Waals surface area (Å²) in [6, 6.07) is 19.6. The molecule has 1 aromatic heterocycles. The first-order valence-electron chi connectivity index (χ1n) is 10.6. The number of aromatic nitrogens is 1. The molecular weight excluding hydrogens is 452 g/mol. The second-order valence-corrected chi connectivity index (χ2v) is 8.35. The number of hydrogen-bond acceptors (Lipinski definition) is 6. The number of halogens is 1. The van der Waals surface area contributed by atoms with E-state index in [9.17, 15) is 9.90 Å². The van der Waals surface area contributed by atoms with E-state index in [-0.39, 0.29) is 17.5 Å². The van der Waals surface area contributed by atoms with Crippen molar-refractivity contribution in [1.82, 2.24) is 9.99 Å². The van der Waals surface area contributed by atoms with Gasteiger partial charge in [-0.15, -0.1) is 0 Å². The van der Waals surface area contributed by atoms with E-state index in [1.165, 1.54) is 18.2 Å². The molecule has 5 rings (SSSR count). The number of phenols is 1. The predicted octanol–water partition coefficient (Wildman–Crippen LogP) is 2.58. The molecule has 0 spiro atoms. The van der Waals surface area contributed by atoms with Crippen molar-refractivity contribution in [2.24, 2.45) is 15.1 Å². The summed E-state index contributed by atoms with van der Waals surface area (Å²) in [4.78, 5) is 21.7.